The minimum Gasteiger partial charge on any atom is -0.481 e. The summed E-state index contributed by atoms with van der Waals surface area (Å²) >= 11 is 0. The molecular formula is C22H25FN2O4. The van der Waals surface area contributed by atoms with Gasteiger partial charge in [0.1, 0.15) is 11.6 Å². The van der Waals surface area contributed by atoms with Gasteiger partial charge in [0, 0.05) is 13.2 Å². The summed E-state index contributed by atoms with van der Waals surface area (Å²) in [6.07, 6.45) is 1.60. The molecule has 1 aliphatic heterocycles. The molecule has 2 aromatic carbocycles. The van der Waals surface area contributed by atoms with Crippen molar-refractivity contribution in [3.8, 4) is 5.75 Å². The first-order chi connectivity index (χ1) is 14.1. The number of para-hydroxylation sites is 1. The third kappa shape index (κ3) is 5.77. The molecule has 0 unspecified atom stereocenters. The molecule has 2 N–H and O–H groups in total. The van der Waals surface area contributed by atoms with Crippen molar-refractivity contribution < 1.29 is 23.5 Å². The van der Waals surface area contributed by atoms with E-state index in [0.29, 0.717) is 30.0 Å². The van der Waals surface area contributed by atoms with Gasteiger partial charge in [-0.15, -0.1) is 0 Å². The molecule has 1 saturated heterocycles. The van der Waals surface area contributed by atoms with Gasteiger partial charge < -0.3 is 20.1 Å². The maximum absolute atomic E-state index is 13.1. The van der Waals surface area contributed by atoms with Gasteiger partial charge in [0.15, 0.2) is 6.10 Å². The maximum atomic E-state index is 13.1. The van der Waals surface area contributed by atoms with Gasteiger partial charge in [-0.3, -0.25) is 9.59 Å². The largest absolute Gasteiger partial charge is 0.481 e. The molecule has 0 spiro atoms. The lowest BCUT2D eigenvalue weighted by Gasteiger charge is -2.19. The second-order valence-electron chi connectivity index (χ2n) is 6.85. The summed E-state index contributed by atoms with van der Waals surface area (Å²) in [6, 6.07) is 12.3. The summed E-state index contributed by atoms with van der Waals surface area (Å²) in [7, 11) is 0. The number of amides is 2. The molecule has 6 nitrogen and oxygen atoms in total. The highest BCUT2D eigenvalue weighted by Crippen LogP contribution is 2.19. The molecule has 2 atom stereocenters. The number of rotatable bonds is 8. The number of benzene rings is 2. The van der Waals surface area contributed by atoms with E-state index in [2.05, 4.69) is 10.6 Å². The Morgan fingerprint density at radius 3 is 2.66 bits per heavy atom. The first kappa shape index (κ1) is 20.8. The van der Waals surface area contributed by atoms with Crippen molar-refractivity contribution >= 4 is 17.5 Å². The van der Waals surface area contributed by atoms with E-state index in [0.717, 1.165) is 19.4 Å². The standard InChI is InChI=1S/C22H25FN2O4/c1-2-20(29-16-11-9-15(23)10-12-16)22(27)25-19-8-4-3-7-18(19)21(26)24-14-17-6-5-13-28-17/h3-4,7-12,17,20H,2,5-6,13-14H2,1H3,(H,24,26)(H,25,27)/t17-,20-/m0/s1. The zero-order chi connectivity index (χ0) is 20.6. The van der Waals surface area contributed by atoms with E-state index in [-0.39, 0.29) is 23.7 Å². The summed E-state index contributed by atoms with van der Waals surface area (Å²) < 4.78 is 24.2. The van der Waals surface area contributed by atoms with Crippen molar-refractivity contribution in [1.29, 1.82) is 0 Å². The normalized spacial score (nSPS) is 16.8. The molecule has 1 heterocycles. The van der Waals surface area contributed by atoms with E-state index in [9.17, 15) is 14.0 Å². The van der Waals surface area contributed by atoms with E-state index >= 15 is 0 Å². The maximum Gasteiger partial charge on any atom is 0.265 e. The number of halogens is 1. The number of carbonyl (C=O) groups is 2. The molecular weight excluding hydrogens is 375 g/mol. The summed E-state index contributed by atoms with van der Waals surface area (Å²) in [4.78, 5) is 25.3. The number of anilines is 1. The predicted octanol–water partition coefficient (Wildman–Crippen LogP) is 3.53. The molecule has 154 valence electrons. The lowest BCUT2D eigenvalue weighted by molar-refractivity contribution is -0.122. The van der Waals surface area contributed by atoms with Crippen LogP contribution in [0.3, 0.4) is 0 Å². The molecule has 0 saturated carbocycles. The van der Waals surface area contributed by atoms with Crippen molar-refractivity contribution in [3.05, 3.63) is 59.9 Å². The van der Waals surface area contributed by atoms with Gasteiger partial charge in [-0.05, 0) is 55.7 Å². The van der Waals surface area contributed by atoms with Gasteiger partial charge >= 0.3 is 0 Å². The fraction of sp³-hybridized carbons (Fsp3) is 0.364. The van der Waals surface area contributed by atoms with Gasteiger partial charge in [0.25, 0.3) is 11.8 Å². The molecule has 0 aliphatic carbocycles. The van der Waals surface area contributed by atoms with Crippen LogP contribution in [0.2, 0.25) is 0 Å². The van der Waals surface area contributed by atoms with Crippen molar-refractivity contribution in [1.82, 2.24) is 5.32 Å². The second kappa shape index (κ2) is 10.0. The highest BCUT2D eigenvalue weighted by molar-refractivity contribution is 6.04. The fourth-order valence-corrected chi connectivity index (χ4v) is 3.11. The smallest absolute Gasteiger partial charge is 0.265 e. The first-order valence-electron chi connectivity index (χ1n) is 9.78. The predicted molar refractivity (Wildman–Crippen MR) is 107 cm³/mol. The Labute approximate surface area is 169 Å². The van der Waals surface area contributed by atoms with Crippen LogP contribution in [0.5, 0.6) is 5.75 Å². The number of hydrogen-bond donors (Lipinski definition) is 2. The minimum atomic E-state index is -0.775. The van der Waals surface area contributed by atoms with Crippen LogP contribution in [0.25, 0.3) is 0 Å². The second-order valence-corrected chi connectivity index (χ2v) is 6.85. The van der Waals surface area contributed by atoms with Crippen molar-refractivity contribution in [2.24, 2.45) is 0 Å². The average Bonchev–Trinajstić information content (AvgIpc) is 3.25. The first-order valence-corrected chi connectivity index (χ1v) is 9.78. The van der Waals surface area contributed by atoms with Crippen LogP contribution < -0.4 is 15.4 Å². The molecule has 2 aromatic rings. The highest BCUT2D eigenvalue weighted by Gasteiger charge is 2.22. The van der Waals surface area contributed by atoms with E-state index < -0.39 is 6.10 Å². The van der Waals surface area contributed by atoms with Crippen molar-refractivity contribution in [2.45, 2.75) is 38.4 Å². The minimum absolute atomic E-state index is 0.0364. The van der Waals surface area contributed by atoms with Crippen LogP contribution in [0.4, 0.5) is 10.1 Å². The van der Waals surface area contributed by atoms with Gasteiger partial charge in [-0.25, -0.2) is 4.39 Å². The van der Waals surface area contributed by atoms with Crippen LogP contribution in [-0.4, -0.2) is 37.2 Å². The van der Waals surface area contributed by atoms with Gasteiger partial charge in [0.05, 0.1) is 17.4 Å². The molecule has 1 fully saturated rings. The van der Waals surface area contributed by atoms with Gasteiger partial charge in [0.2, 0.25) is 0 Å². The quantitative estimate of drug-likeness (QED) is 0.711. The van der Waals surface area contributed by atoms with Crippen LogP contribution in [0.15, 0.2) is 48.5 Å². The molecule has 1 aliphatic rings. The van der Waals surface area contributed by atoms with Crippen LogP contribution in [-0.2, 0) is 9.53 Å². The molecule has 29 heavy (non-hydrogen) atoms. The van der Waals surface area contributed by atoms with Crippen molar-refractivity contribution in [2.75, 3.05) is 18.5 Å². The van der Waals surface area contributed by atoms with Crippen LogP contribution in [0, 0.1) is 5.82 Å². The van der Waals surface area contributed by atoms with E-state index in [1.165, 1.54) is 24.3 Å². The highest BCUT2D eigenvalue weighted by atomic mass is 19.1. The van der Waals surface area contributed by atoms with E-state index in [1.807, 2.05) is 6.92 Å². The van der Waals surface area contributed by atoms with E-state index in [1.54, 1.807) is 24.3 Å². The van der Waals surface area contributed by atoms with Crippen LogP contribution >= 0.6 is 0 Å². The molecule has 7 heteroatoms. The summed E-state index contributed by atoms with van der Waals surface area (Å²) in [5, 5.41) is 5.63. The Morgan fingerprint density at radius 2 is 1.97 bits per heavy atom. The lowest BCUT2D eigenvalue weighted by atomic mass is 10.1. The molecule has 0 aromatic heterocycles. The SMILES string of the molecule is CC[C@H](Oc1ccc(F)cc1)C(=O)Nc1ccccc1C(=O)NC[C@@H]1CCCO1. The topological polar surface area (TPSA) is 76.7 Å². The van der Waals surface area contributed by atoms with Gasteiger partial charge in [-0.1, -0.05) is 19.1 Å². The third-order valence-electron chi connectivity index (χ3n) is 4.70. The number of nitrogens with one attached hydrogen (secondary N) is 2. The number of carbonyl (C=O) groups excluding carboxylic acids is 2. The zero-order valence-electron chi connectivity index (χ0n) is 16.3. The fourth-order valence-electron chi connectivity index (χ4n) is 3.11. The monoisotopic (exact) mass is 400 g/mol. The summed E-state index contributed by atoms with van der Waals surface area (Å²) in [5.74, 6) is -0.631. The molecule has 0 radical (unpaired) electrons. The van der Waals surface area contributed by atoms with Gasteiger partial charge in [-0.2, -0.15) is 0 Å². The molecule has 3 rings (SSSR count). The lowest BCUT2D eigenvalue weighted by Crippen LogP contribution is -2.35. The summed E-state index contributed by atoms with van der Waals surface area (Å²) in [6.45, 7) is 2.97. The number of hydrogen-bond acceptors (Lipinski definition) is 4. The van der Waals surface area contributed by atoms with Crippen LogP contribution in [0.1, 0.15) is 36.5 Å². The average molecular weight is 400 g/mol. The Morgan fingerprint density at radius 1 is 1.21 bits per heavy atom. The Hall–Kier alpha value is -2.93. The van der Waals surface area contributed by atoms with E-state index in [4.69, 9.17) is 9.47 Å². The number of ether oxygens (including phenoxy) is 2. The summed E-state index contributed by atoms with van der Waals surface area (Å²) in [5.41, 5.74) is 0.777. The third-order valence-corrected chi connectivity index (χ3v) is 4.70. The van der Waals surface area contributed by atoms with Crippen molar-refractivity contribution in [3.63, 3.8) is 0 Å². The Bertz CT molecular complexity index is 835. The molecule has 2 amide bonds. The molecule has 0 bridgehead atoms. The Kier molecular flexibility index (Phi) is 7.19. The zero-order valence-corrected chi connectivity index (χ0v) is 16.3. The Balaban J connectivity index is 1.64.